The Labute approximate surface area is 173 Å². The van der Waals surface area contributed by atoms with Crippen LogP contribution in [-0.2, 0) is 16.0 Å². The first kappa shape index (κ1) is 20.6. The standard InChI is InChI=1S/C27H28O2/c1-3-29-27(28)26(16-10-13-22-11-6-4-7-12-22)21(2)23-17-19-25(20-18-23)24-14-8-5-9-15-24/h4-9,11-12,14-15,17-20H,3,10,13,16H2,1-2H3/b26-21+. The summed E-state index contributed by atoms with van der Waals surface area (Å²) in [5.74, 6) is -0.204. The molecule has 0 spiro atoms. The van der Waals surface area contributed by atoms with Gasteiger partial charge in [0.25, 0.3) is 0 Å². The lowest BCUT2D eigenvalue weighted by Crippen LogP contribution is -2.10. The van der Waals surface area contributed by atoms with Crippen molar-refractivity contribution in [3.8, 4) is 11.1 Å². The fourth-order valence-electron chi connectivity index (χ4n) is 3.49. The van der Waals surface area contributed by atoms with Crippen LogP contribution in [0.2, 0.25) is 0 Å². The molecule has 0 aliphatic carbocycles. The Kier molecular flexibility index (Phi) is 7.40. The SMILES string of the molecule is CCOC(=O)/C(CCCc1ccccc1)=C(\C)c1ccc(-c2ccccc2)cc1. The number of ether oxygens (including phenoxy) is 1. The minimum Gasteiger partial charge on any atom is -0.463 e. The molecule has 3 aromatic rings. The second kappa shape index (κ2) is 10.4. The van der Waals surface area contributed by atoms with E-state index in [1.165, 1.54) is 16.7 Å². The quantitative estimate of drug-likeness (QED) is 0.318. The smallest absolute Gasteiger partial charge is 0.334 e. The average molecular weight is 385 g/mol. The number of esters is 1. The molecule has 0 saturated heterocycles. The molecule has 0 aromatic heterocycles. The summed E-state index contributed by atoms with van der Waals surface area (Å²) in [4.78, 5) is 12.6. The highest BCUT2D eigenvalue weighted by atomic mass is 16.5. The normalized spacial score (nSPS) is 11.7. The van der Waals surface area contributed by atoms with Gasteiger partial charge in [0, 0.05) is 5.57 Å². The van der Waals surface area contributed by atoms with Crippen LogP contribution in [-0.4, -0.2) is 12.6 Å². The number of hydrogen-bond donors (Lipinski definition) is 0. The molecule has 0 heterocycles. The van der Waals surface area contributed by atoms with Crippen LogP contribution in [0.1, 0.15) is 37.8 Å². The maximum Gasteiger partial charge on any atom is 0.334 e. The van der Waals surface area contributed by atoms with Gasteiger partial charge in [-0.2, -0.15) is 0 Å². The van der Waals surface area contributed by atoms with E-state index < -0.39 is 0 Å². The van der Waals surface area contributed by atoms with Crippen molar-refractivity contribution in [2.24, 2.45) is 0 Å². The van der Waals surface area contributed by atoms with E-state index in [1.807, 2.05) is 38.1 Å². The summed E-state index contributed by atoms with van der Waals surface area (Å²) < 4.78 is 5.35. The van der Waals surface area contributed by atoms with E-state index in [9.17, 15) is 4.79 Å². The molecule has 0 saturated carbocycles. The molecule has 0 bridgehead atoms. The van der Waals surface area contributed by atoms with Gasteiger partial charge in [-0.25, -0.2) is 4.79 Å². The summed E-state index contributed by atoms with van der Waals surface area (Å²) in [6.45, 7) is 4.26. The van der Waals surface area contributed by atoms with E-state index in [-0.39, 0.29) is 5.97 Å². The van der Waals surface area contributed by atoms with Crippen molar-refractivity contribution in [2.75, 3.05) is 6.61 Å². The van der Waals surface area contributed by atoms with Gasteiger partial charge in [-0.05, 0) is 60.9 Å². The van der Waals surface area contributed by atoms with Crippen molar-refractivity contribution in [3.63, 3.8) is 0 Å². The third-order valence-corrected chi connectivity index (χ3v) is 5.13. The number of carbonyl (C=O) groups excluding carboxylic acids is 1. The molecule has 3 rings (SSSR count). The van der Waals surface area contributed by atoms with Crippen LogP contribution in [0.5, 0.6) is 0 Å². The van der Waals surface area contributed by atoms with Crippen molar-refractivity contribution in [1.29, 1.82) is 0 Å². The van der Waals surface area contributed by atoms with Crippen molar-refractivity contribution in [1.82, 2.24) is 0 Å². The molecule has 0 aliphatic rings. The first-order valence-electron chi connectivity index (χ1n) is 10.3. The fourth-order valence-corrected chi connectivity index (χ4v) is 3.49. The second-order valence-electron chi connectivity index (χ2n) is 7.11. The molecular weight excluding hydrogens is 356 g/mol. The van der Waals surface area contributed by atoms with Gasteiger partial charge in [0.2, 0.25) is 0 Å². The van der Waals surface area contributed by atoms with Gasteiger partial charge in [-0.15, -0.1) is 0 Å². The monoisotopic (exact) mass is 384 g/mol. The molecule has 29 heavy (non-hydrogen) atoms. The molecule has 2 heteroatoms. The first-order chi connectivity index (χ1) is 14.2. The number of allylic oxidation sites excluding steroid dienone is 1. The Bertz CT molecular complexity index is 939. The fraction of sp³-hybridized carbons (Fsp3) is 0.222. The Morgan fingerprint density at radius 1 is 0.793 bits per heavy atom. The van der Waals surface area contributed by atoms with Gasteiger partial charge >= 0.3 is 5.97 Å². The summed E-state index contributed by atoms with van der Waals surface area (Å²) in [6, 6.07) is 29.1. The number of aryl methyl sites for hydroxylation is 1. The van der Waals surface area contributed by atoms with E-state index in [0.29, 0.717) is 13.0 Å². The van der Waals surface area contributed by atoms with E-state index in [1.54, 1.807) is 0 Å². The second-order valence-corrected chi connectivity index (χ2v) is 7.11. The molecule has 3 aromatic carbocycles. The Morgan fingerprint density at radius 2 is 1.38 bits per heavy atom. The molecule has 0 N–H and O–H groups in total. The van der Waals surface area contributed by atoms with Gasteiger partial charge < -0.3 is 4.74 Å². The lowest BCUT2D eigenvalue weighted by Gasteiger charge is -2.13. The Morgan fingerprint density at radius 3 is 2.00 bits per heavy atom. The van der Waals surface area contributed by atoms with E-state index >= 15 is 0 Å². The molecule has 0 fully saturated rings. The maximum atomic E-state index is 12.6. The lowest BCUT2D eigenvalue weighted by atomic mass is 9.95. The highest BCUT2D eigenvalue weighted by molar-refractivity contribution is 5.97. The van der Waals surface area contributed by atoms with Crippen LogP contribution in [0.3, 0.4) is 0 Å². The number of rotatable bonds is 8. The molecule has 2 nitrogen and oxygen atoms in total. The van der Waals surface area contributed by atoms with E-state index in [2.05, 4.69) is 60.7 Å². The Hall–Kier alpha value is -3.13. The zero-order valence-electron chi connectivity index (χ0n) is 17.2. The summed E-state index contributed by atoms with van der Waals surface area (Å²) in [7, 11) is 0. The van der Waals surface area contributed by atoms with Gasteiger partial charge in [0.1, 0.15) is 0 Å². The summed E-state index contributed by atoms with van der Waals surface area (Å²) in [6.07, 6.45) is 2.57. The van der Waals surface area contributed by atoms with E-state index in [0.717, 1.165) is 29.6 Å². The predicted molar refractivity (Wildman–Crippen MR) is 120 cm³/mol. The van der Waals surface area contributed by atoms with Crippen molar-refractivity contribution in [2.45, 2.75) is 33.1 Å². The minimum atomic E-state index is -0.204. The van der Waals surface area contributed by atoms with Crippen LogP contribution in [0.25, 0.3) is 16.7 Å². The average Bonchev–Trinajstić information content (AvgIpc) is 2.78. The van der Waals surface area contributed by atoms with Crippen LogP contribution in [0.4, 0.5) is 0 Å². The zero-order chi connectivity index (χ0) is 20.5. The van der Waals surface area contributed by atoms with Gasteiger partial charge in [-0.3, -0.25) is 0 Å². The maximum absolute atomic E-state index is 12.6. The summed E-state index contributed by atoms with van der Waals surface area (Å²) in [5, 5.41) is 0. The van der Waals surface area contributed by atoms with Crippen molar-refractivity contribution in [3.05, 3.63) is 102 Å². The largest absolute Gasteiger partial charge is 0.463 e. The molecule has 148 valence electrons. The molecule has 0 aliphatic heterocycles. The minimum absolute atomic E-state index is 0.204. The van der Waals surface area contributed by atoms with Crippen LogP contribution < -0.4 is 0 Å². The molecule has 0 radical (unpaired) electrons. The Balaban J connectivity index is 1.79. The first-order valence-corrected chi connectivity index (χ1v) is 10.3. The number of benzene rings is 3. The van der Waals surface area contributed by atoms with Crippen LogP contribution in [0, 0.1) is 0 Å². The molecule has 0 amide bonds. The lowest BCUT2D eigenvalue weighted by molar-refractivity contribution is -0.138. The third-order valence-electron chi connectivity index (χ3n) is 5.13. The molecular formula is C27H28O2. The van der Waals surface area contributed by atoms with Crippen LogP contribution in [0.15, 0.2) is 90.5 Å². The van der Waals surface area contributed by atoms with Gasteiger partial charge in [0.15, 0.2) is 0 Å². The number of hydrogen-bond acceptors (Lipinski definition) is 2. The number of carbonyl (C=O) groups is 1. The van der Waals surface area contributed by atoms with Gasteiger partial charge in [0.05, 0.1) is 6.61 Å². The van der Waals surface area contributed by atoms with Crippen molar-refractivity contribution >= 4 is 11.5 Å². The van der Waals surface area contributed by atoms with E-state index in [4.69, 9.17) is 4.74 Å². The highest BCUT2D eigenvalue weighted by Gasteiger charge is 2.15. The molecule has 0 atom stereocenters. The molecule has 0 unspecified atom stereocenters. The topological polar surface area (TPSA) is 26.3 Å². The van der Waals surface area contributed by atoms with Gasteiger partial charge in [-0.1, -0.05) is 84.9 Å². The summed E-state index contributed by atoms with van der Waals surface area (Å²) in [5.41, 5.74) is 6.48. The van der Waals surface area contributed by atoms with Crippen molar-refractivity contribution < 1.29 is 9.53 Å². The third kappa shape index (κ3) is 5.68. The predicted octanol–water partition coefficient (Wildman–Crippen LogP) is 6.71. The zero-order valence-corrected chi connectivity index (χ0v) is 17.2. The summed E-state index contributed by atoms with van der Waals surface area (Å²) >= 11 is 0. The highest BCUT2D eigenvalue weighted by Crippen LogP contribution is 2.26. The van der Waals surface area contributed by atoms with Crippen LogP contribution >= 0.6 is 0 Å².